The molecule has 0 unspecified atom stereocenters. The number of carbonyl (C=O) groups excluding carboxylic acids is 2. The van der Waals surface area contributed by atoms with Gasteiger partial charge in [0, 0.05) is 18.3 Å². The van der Waals surface area contributed by atoms with Gasteiger partial charge in [-0.1, -0.05) is 42.5 Å². The van der Waals surface area contributed by atoms with Crippen LogP contribution in [0.3, 0.4) is 0 Å². The molecule has 2 saturated heterocycles. The van der Waals surface area contributed by atoms with Gasteiger partial charge in [-0.05, 0) is 30.5 Å². The topological polar surface area (TPSA) is 77.1 Å². The lowest BCUT2D eigenvalue weighted by molar-refractivity contribution is -0.131. The largest absolute Gasteiger partial charge is 0.454 e. The Balaban J connectivity index is 1.15. The molecular weight excluding hydrogens is 408 g/mol. The average Bonchev–Trinajstić information content (AvgIpc) is 3.57. The van der Waals surface area contributed by atoms with Crippen LogP contribution in [0.25, 0.3) is 0 Å². The molecule has 2 bridgehead atoms. The highest BCUT2D eigenvalue weighted by Gasteiger charge is 2.67. The molecule has 1 spiro atoms. The Kier molecular flexibility index (Phi) is 4.47. The van der Waals surface area contributed by atoms with Gasteiger partial charge in [0.05, 0.1) is 24.5 Å². The van der Waals surface area contributed by atoms with Gasteiger partial charge in [-0.3, -0.25) is 9.59 Å². The van der Waals surface area contributed by atoms with Crippen LogP contribution in [0.4, 0.5) is 5.69 Å². The van der Waals surface area contributed by atoms with Gasteiger partial charge in [0.1, 0.15) is 5.60 Å². The summed E-state index contributed by atoms with van der Waals surface area (Å²) in [6.07, 6.45) is 5.29. The summed E-state index contributed by atoms with van der Waals surface area (Å²) in [5, 5.41) is 3.04. The number of carbonyl (C=O) groups is 2. The highest BCUT2D eigenvalue weighted by Crippen LogP contribution is 2.53. The predicted molar refractivity (Wildman–Crippen MR) is 116 cm³/mol. The van der Waals surface area contributed by atoms with E-state index in [1.165, 1.54) is 5.56 Å². The van der Waals surface area contributed by atoms with Crippen LogP contribution in [0.5, 0.6) is 11.5 Å². The maximum atomic E-state index is 13.5. The molecule has 2 aromatic rings. The Morgan fingerprint density at radius 3 is 2.84 bits per heavy atom. The molecule has 2 fully saturated rings. The minimum atomic E-state index is -0.746. The third-order valence-electron chi connectivity index (χ3n) is 6.86. The number of amides is 2. The Labute approximate surface area is 185 Å². The fraction of sp³-hybridized carbons (Fsp3) is 0.360. The summed E-state index contributed by atoms with van der Waals surface area (Å²) in [6.45, 7) is 1.14. The van der Waals surface area contributed by atoms with Crippen molar-refractivity contribution in [3.63, 3.8) is 0 Å². The van der Waals surface area contributed by atoms with Gasteiger partial charge in [0.25, 0.3) is 0 Å². The third-order valence-corrected chi connectivity index (χ3v) is 6.86. The van der Waals surface area contributed by atoms with Crippen molar-refractivity contribution in [1.29, 1.82) is 0 Å². The van der Waals surface area contributed by atoms with Gasteiger partial charge >= 0.3 is 0 Å². The van der Waals surface area contributed by atoms with Crippen molar-refractivity contribution >= 4 is 17.5 Å². The zero-order valence-electron chi connectivity index (χ0n) is 17.5. The second-order valence-corrected chi connectivity index (χ2v) is 8.74. The van der Waals surface area contributed by atoms with Crippen molar-refractivity contribution in [3.8, 4) is 11.5 Å². The zero-order valence-corrected chi connectivity index (χ0v) is 17.5. The smallest absolute Gasteiger partial charge is 0.234 e. The van der Waals surface area contributed by atoms with E-state index < -0.39 is 17.4 Å². The van der Waals surface area contributed by atoms with E-state index in [1.54, 1.807) is 4.90 Å². The number of anilines is 1. The lowest BCUT2D eigenvalue weighted by atomic mass is 9.77. The summed E-state index contributed by atoms with van der Waals surface area (Å²) in [5.41, 5.74) is 1.23. The number of rotatable bonds is 6. The van der Waals surface area contributed by atoms with Gasteiger partial charge in [-0.15, -0.1) is 0 Å². The highest BCUT2D eigenvalue weighted by molar-refractivity contribution is 6.03. The highest BCUT2D eigenvalue weighted by atomic mass is 16.7. The van der Waals surface area contributed by atoms with Crippen LogP contribution in [-0.4, -0.2) is 43.4 Å². The molecule has 0 aromatic heterocycles. The quantitative estimate of drug-likeness (QED) is 0.561. The zero-order chi connectivity index (χ0) is 21.7. The summed E-state index contributed by atoms with van der Waals surface area (Å²) in [4.78, 5) is 28.3. The number of nitrogens with one attached hydrogen (secondary N) is 1. The van der Waals surface area contributed by atoms with Crippen LogP contribution >= 0.6 is 0 Å². The Morgan fingerprint density at radius 1 is 1.12 bits per heavy atom. The van der Waals surface area contributed by atoms with Crippen LogP contribution in [-0.2, 0) is 20.7 Å². The first kappa shape index (κ1) is 19.4. The third kappa shape index (κ3) is 2.99. The lowest BCUT2D eigenvalue weighted by Gasteiger charge is -2.23. The van der Waals surface area contributed by atoms with E-state index in [2.05, 4.69) is 17.4 Å². The number of ether oxygens (including phenoxy) is 3. The van der Waals surface area contributed by atoms with Crippen molar-refractivity contribution in [3.05, 3.63) is 66.2 Å². The molecule has 4 aliphatic heterocycles. The van der Waals surface area contributed by atoms with Crippen LogP contribution in [0.15, 0.2) is 60.7 Å². The molecule has 4 atom stereocenters. The van der Waals surface area contributed by atoms with Gasteiger partial charge in [0.2, 0.25) is 18.6 Å². The fourth-order valence-electron chi connectivity index (χ4n) is 5.34. The molecule has 2 amide bonds. The molecule has 7 heteroatoms. The van der Waals surface area contributed by atoms with Crippen molar-refractivity contribution in [2.45, 2.75) is 24.5 Å². The standard InChI is InChI=1S/C25H24N2O5/c28-23(26-12-4-7-16-5-2-1-3-6-16)21-19-10-11-25(32-19)14-27(24(29)22(21)25)17-8-9-18-20(13-17)31-15-30-18/h1-3,5-6,8-11,13,19,21-22H,4,7,12,14-15H2,(H,26,28)/t19-,21-,22+,25+/m1/s1. The molecular formula is C25H24N2O5. The maximum absolute atomic E-state index is 13.5. The first-order chi connectivity index (χ1) is 15.6. The molecule has 6 rings (SSSR count). The summed E-state index contributed by atoms with van der Waals surface area (Å²) in [7, 11) is 0. The summed E-state index contributed by atoms with van der Waals surface area (Å²) in [5.74, 6) is 0.0718. The Hall–Kier alpha value is -3.32. The summed E-state index contributed by atoms with van der Waals surface area (Å²) >= 11 is 0. The number of hydrogen-bond donors (Lipinski definition) is 1. The number of hydrogen-bond acceptors (Lipinski definition) is 5. The van der Waals surface area contributed by atoms with Crippen LogP contribution in [0.1, 0.15) is 12.0 Å². The van der Waals surface area contributed by atoms with Gasteiger partial charge < -0.3 is 24.4 Å². The Morgan fingerprint density at radius 2 is 1.97 bits per heavy atom. The molecule has 0 radical (unpaired) electrons. The van der Waals surface area contributed by atoms with E-state index in [0.29, 0.717) is 24.6 Å². The molecule has 32 heavy (non-hydrogen) atoms. The summed E-state index contributed by atoms with van der Waals surface area (Å²) < 4.78 is 17.1. The fourth-order valence-corrected chi connectivity index (χ4v) is 5.34. The van der Waals surface area contributed by atoms with E-state index in [4.69, 9.17) is 14.2 Å². The van der Waals surface area contributed by atoms with Crippen molar-refractivity contribution in [2.24, 2.45) is 11.8 Å². The molecule has 2 aromatic carbocycles. The first-order valence-electron chi connectivity index (χ1n) is 11.0. The average molecular weight is 432 g/mol. The van der Waals surface area contributed by atoms with Crippen LogP contribution in [0, 0.1) is 11.8 Å². The summed E-state index contributed by atoms with van der Waals surface area (Å²) in [6, 6.07) is 15.7. The number of aryl methyl sites for hydroxylation is 1. The van der Waals surface area contributed by atoms with Crippen molar-refractivity contribution in [1.82, 2.24) is 5.32 Å². The normalized spacial score (nSPS) is 28.9. The van der Waals surface area contributed by atoms with Crippen LogP contribution < -0.4 is 19.7 Å². The molecule has 0 saturated carbocycles. The van der Waals surface area contributed by atoms with Crippen molar-refractivity contribution < 1.29 is 23.8 Å². The SMILES string of the molecule is O=C(NCCCc1ccccc1)[C@H]1[C@H]2C(=O)N(c3ccc4c(c3)OCO4)C[C@@]23C=C[C@H]1O3. The van der Waals surface area contributed by atoms with E-state index in [0.717, 1.165) is 18.5 Å². The lowest BCUT2D eigenvalue weighted by Crippen LogP contribution is -2.44. The van der Waals surface area contributed by atoms with Gasteiger partial charge in [-0.25, -0.2) is 0 Å². The van der Waals surface area contributed by atoms with E-state index in [-0.39, 0.29) is 24.7 Å². The predicted octanol–water partition coefficient (Wildman–Crippen LogP) is 2.45. The van der Waals surface area contributed by atoms with Crippen LogP contribution in [0.2, 0.25) is 0 Å². The van der Waals surface area contributed by atoms with Crippen molar-refractivity contribution in [2.75, 3.05) is 24.8 Å². The number of fused-ring (bicyclic) bond motifs is 2. The number of nitrogens with zero attached hydrogens (tertiary/aromatic N) is 1. The van der Waals surface area contributed by atoms with E-state index in [1.807, 2.05) is 48.6 Å². The molecule has 164 valence electrons. The second kappa shape index (κ2) is 7.38. The molecule has 7 nitrogen and oxygen atoms in total. The minimum Gasteiger partial charge on any atom is -0.454 e. The second-order valence-electron chi connectivity index (χ2n) is 8.74. The van der Waals surface area contributed by atoms with Gasteiger partial charge in [-0.2, -0.15) is 0 Å². The molecule has 1 N–H and O–H groups in total. The van der Waals surface area contributed by atoms with Gasteiger partial charge in [0.15, 0.2) is 11.5 Å². The molecule has 0 aliphatic carbocycles. The number of benzene rings is 2. The Bertz CT molecular complexity index is 1100. The van der Waals surface area contributed by atoms with E-state index in [9.17, 15) is 9.59 Å². The monoisotopic (exact) mass is 432 g/mol. The maximum Gasteiger partial charge on any atom is 0.234 e. The minimum absolute atomic E-state index is 0.0832. The van der Waals surface area contributed by atoms with E-state index >= 15 is 0 Å². The first-order valence-corrected chi connectivity index (χ1v) is 11.0. The molecule has 4 heterocycles. The molecule has 4 aliphatic rings.